The van der Waals surface area contributed by atoms with Crippen LogP contribution < -0.4 is 0 Å². The molecule has 2 aromatic rings. The van der Waals surface area contributed by atoms with Gasteiger partial charge in [0.2, 0.25) is 0 Å². The van der Waals surface area contributed by atoms with Crippen LogP contribution in [0.2, 0.25) is 0 Å². The number of alkyl halides is 2. The summed E-state index contributed by atoms with van der Waals surface area (Å²) in [4.78, 5) is 13.9. The van der Waals surface area contributed by atoms with Gasteiger partial charge in [0.25, 0.3) is 12.3 Å². The van der Waals surface area contributed by atoms with E-state index in [0.717, 1.165) is 24.2 Å². The Morgan fingerprint density at radius 3 is 2.70 bits per heavy atom. The van der Waals surface area contributed by atoms with Crippen molar-refractivity contribution in [2.75, 3.05) is 6.54 Å². The second kappa shape index (κ2) is 6.48. The Morgan fingerprint density at radius 2 is 2.00 bits per heavy atom. The third kappa shape index (κ3) is 3.11. The van der Waals surface area contributed by atoms with E-state index in [9.17, 15) is 13.6 Å². The van der Waals surface area contributed by atoms with Crippen molar-refractivity contribution in [3.63, 3.8) is 0 Å². The lowest BCUT2D eigenvalue weighted by molar-refractivity contribution is 0.00648. The van der Waals surface area contributed by atoms with Crippen molar-refractivity contribution < 1.29 is 13.6 Å². The number of rotatable bonds is 3. The number of aryl methyl sites for hydroxylation is 1. The monoisotopic (exact) mass is 319 g/mol. The lowest BCUT2D eigenvalue weighted by atomic mass is 10.0. The summed E-state index contributed by atoms with van der Waals surface area (Å²) in [6, 6.07) is 10.1. The summed E-state index contributed by atoms with van der Waals surface area (Å²) in [7, 11) is 0. The number of para-hydroxylation sites is 1. The van der Waals surface area contributed by atoms with Gasteiger partial charge in [-0.05, 0) is 44.4 Å². The second-order valence-electron chi connectivity index (χ2n) is 5.81. The Morgan fingerprint density at radius 1 is 1.26 bits per heavy atom. The summed E-state index contributed by atoms with van der Waals surface area (Å²) in [6.07, 6.45) is -0.678. The quantitative estimate of drug-likeness (QED) is 0.869. The standard InChI is InChI=1S/C17H19F2N3O/c1-12-11-14(20-22(12)13-7-3-2-4-8-13)17(23)21-10-6-5-9-15(21)16(18)19/h2-4,7-8,11,15-16H,5-6,9-10H2,1H3/t15-/m0/s1. The van der Waals surface area contributed by atoms with Gasteiger partial charge in [0.15, 0.2) is 5.69 Å². The van der Waals surface area contributed by atoms with Crippen LogP contribution in [0.15, 0.2) is 36.4 Å². The van der Waals surface area contributed by atoms with Crippen molar-refractivity contribution in [2.24, 2.45) is 0 Å². The number of halogens is 2. The van der Waals surface area contributed by atoms with Crippen molar-refractivity contribution in [1.29, 1.82) is 0 Å². The molecule has 1 aromatic heterocycles. The minimum Gasteiger partial charge on any atom is -0.329 e. The Balaban J connectivity index is 1.88. The first-order valence-corrected chi connectivity index (χ1v) is 7.79. The largest absolute Gasteiger partial charge is 0.329 e. The molecule has 1 fully saturated rings. The number of piperidine rings is 1. The van der Waals surface area contributed by atoms with E-state index in [1.54, 1.807) is 10.7 Å². The second-order valence-corrected chi connectivity index (χ2v) is 5.81. The van der Waals surface area contributed by atoms with Crippen LogP contribution >= 0.6 is 0 Å². The normalized spacial score (nSPS) is 18.4. The van der Waals surface area contributed by atoms with E-state index in [1.807, 2.05) is 37.3 Å². The Labute approximate surface area is 133 Å². The smallest absolute Gasteiger partial charge is 0.274 e. The molecule has 0 aliphatic carbocycles. The third-order valence-electron chi connectivity index (χ3n) is 4.21. The topological polar surface area (TPSA) is 38.1 Å². The Kier molecular flexibility index (Phi) is 4.41. The van der Waals surface area contributed by atoms with Crippen molar-refractivity contribution in [3.05, 3.63) is 47.8 Å². The highest BCUT2D eigenvalue weighted by Gasteiger charge is 2.34. The Bertz CT molecular complexity index is 684. The molecule has 1 aliphatic heterocycles. The van der Waals surface area contributed by atoms with Gasteiger partial charge in [-0.2, -0.15) is 5.10 Å². The molecule has 6 heteroatoms. The van der Waals surface area contributed by atoms with Crippen LogP contribution in [0.3, 0.4) is 0 Å². The molecular formula is C17H19F2N3O. The molecule has 1 amide bonds. The highest BCUT2D eigenvalue weighted by atomic mass is 19.3. The summed E-state index contributed by atoms with van der Waals surface area (Å²) in [5, 5.41) is 4.33. The van der Waals surface area contributed by atoms with Gasteiger partial charge in [0.05, 0.1) is 11.7 Å². The summed E-state index contributed by atoms with van der Waals surface area (Å²) in [5.74, 6) is -0.409. The fraction of sp³-hybridized carbons (Fsp3) is 0.412. The van der Waals surface area contributed by atoms with Gasteiger partial charge in [-0.25, -0.2) is 13.5 Å². The number of amides is 1. The van der Waals surface area contributed by atoms with Crippen LogP contribution in [0.1, 0.15) is 35.4 Å². The number of carbonyl (C=O) groups is 1. The van der Waals surface area contributed by atoms with Crippen molar-refractivity contribution in [3.8, 4) is 5.69 Å². The van der Waals surface area contributed by atoms with Gasteiger partial charge in [0.1, 0.15) is 0 Å². The van der Waals surface area contributed by atoms with Crippen LogP contribution in [0.25, 0.3) is 5.69 Å². The summed E-state index contributed by atoms with van der Waals surface area (Å²) >= 11 is 0. The zero-order valence-corrected chi connectivity index (χ0v) is 13.0. The molecule has 3 rings (SSSR count). The fourth-order valence-corrected chi connectivity index (χ4v) is 3.03. The maximum absolute atomic E-state index is 13.2. The first kappa shape index (κ1) is 15.6. The van der Waals surface area contributed by atoms with Crippen LogP contribution in [-0.4, -0.2) is 39.6 Å². The van der Waals surface area contributed by atoms with Crippen molar-refractivity contribution >= 4 is 5.91 Å². The number of carbonyl (C=O) groups excluding carboxylic acids is 1. The molecule has 0 saturated carbocycles. The molecule has 2 heterocycles. The minimum absolute atomic E-state index is 0.221. The van der Waals surface area contributed by atoms with E-state index >= 15 is 0 Å². The average molecular weight is 319 g/mol. The van der Waals surface area contributed by atoms with E-state index < -0.39 is 18.4 Å². The van der Waals surface area contributed by atoms with Crippen LogP contribution in [-0.2, 0) is 0 Å². The molecule has 0 N–H and O–H groups in total. The summed E-state index contributed by atoms with van der Waals surface area (Å²) in [5.41, 5.74) is 1.86. The van der Waals surface area contributed by atoms with Crippen LogP contribution in [0.4, 0.5) is 8.78 Å². The van der Waals surface area contributed by atoms with Crippen LogP contribution in [0, 0.1) is 6.92 Å². The number of likely N-dealkylation sites (tertiary alicyclic amines) is 1. The zero-order chi connectivity index (χ0) is 16.4. The minimum atomic E-state index is -2.52. The number of benzene rings is 1. The molecule has 0 spiro atoms. The lowest BCUT2D eigenvalue weighted by Gasteiger charge is -2.34. The van der Waals surface area contributed by atoms with E-state index in [1.165, 1.54) is 4.90 Å². The number of nitrogens with zero attached hydrogens (tertiary/aromatic N) is 3. The van der Waals surface area contributed by atoms with Gasteiger partial charge in [-0.3, -0.25) is 4.79 Å². The number of aromatic nitrogens is 2. The molecule has 1 atom stereocenters. The number of hydrogen-bond donors (Lipinski definition) is 0. The highest BCUT2D eigenvalue weighted by molar-refractivity contribution is 5.92. The van der Waals surface area contributed by atoms with Crippen molar-refractivity contribution in [1.82, 2.24) is 14.7 Å². The maximum atomic E-state index is 13.2. The SMILES string of the molecule is Cc1cc(C(=O)N2CCCC[C@H]2C(F)F)nn1-c1ccccc1. The molecule has 1 aliphatic rings. The molecule has 0 bridgehead atoms. The predicted octanol–water partition coefficient (Wildman–Crippen LogP) is 3.44. The molecule has 0 radical (unpaired) electrons. The van der Waals surface area contributed by atoms with Gasteiger partial charge in [-0.15, -0.1) is 0 Å². The average Bonchev–Trinajstić information content (AvgIpc) is 2.97. The third-order valence-corrected chi connectivity index (χ3v) is 4.21. The first-order valence-electron chi connectivity index (χ1n) is 7.79. The fourth-order valence-electron chi connectivity index (χ4n) is 3.03. The summed E-state index contributed by atoms with van der Waals surface area (Å²) in [6.45, 7) is 2.21. The van der Waals surface area contributed by atoms with E-state index in [0.29, 0.717) is 13.0 Å². The lowest BCUT2D eigenvalue weighted by Crippen LogP contribution is -2.47. The maximum Gasteiger partial charge on any atom is 0.274 e. The summed E-state index contributed by atoms with van der Waals surface area (Å²) < 4.78 is 28.0. The van der Waals surface area contributed by atoms with Gasteiger partial charge in [0, 0.05) is 12.2 Å². The van der Waals surface area contributed by atoms with Crippen LogP contribution in [0.5, 0.6) is 0 Å². The first-order chi connectivity index (χ1) is 11.1. The molecule has 1 saturated heterocycles. The number of hydrogen-bond acceptors (Lipinski definition) is 2. The molecule has 4 nitrogen and oxygen atoms in total. The van der Waals surface area contributed by atoms with Gasteiger partial charge < -0.3 is 4.90 Å². The van der Waals surface area contributed by atoms with Crippen molar-refractivity contribution in [2.45, 2.75) is 38.7 Å². The molecule has 122 valence electrons. The molecule has 1 aromatic carbocycles. The predicted molar refractivity (Wildman–Crippen MR) is 83.0 cm³/mol. The molecular weight excluding hydrogens is 300 g/mol. The van der Waals surface area contributed by atoms with E-state index in [2.05, 4.69) is 5.10 Å². The van der Waals surface area contributed by atoms with E-state index in [-0.39, 0.29) is 5.69 Å². The van der Waals surface area contributed by atoms with Gasteiger partial charge >= 0.3 is 0 Å². The van der Waals surface area contributed by atoms with Gasteiger partial charge in [-0.1, -0.05) is 18.2 Å². The zero-order valence-electron chi connectivity index (χ0n) is 13.0. The van der Waals surface area contributed by atoms with E-state index in [4.69, 9.17) is 0 Å². The highest BCUT2D eigenvalue weighted by Crippen LogP contribution is 2.24. The Hall–Kier alpha value is -2.24. The molecule has 23 heavy (non-hydrogen) atoms. The molecule has 0 unspecified atom stereocenters.